The van der Waals surface area contributed by atoms with E-state index in [1.165, 1.54) is 11.8 Å². The number of aryl methyl sites for hydroxylation is 1. The molecule has 1 aromatic heterocycles. The summed E-state index contributed by atoms with van der Waals surface area (Å²) in [6, 6.07) is 17.7. The van der Waals surface area contributed by atoms with Gasteiger partial charge in [0.2, 0.25) is 5.91 Å². The molecule has 1 amide bonds. The lowest BCUT2D eigenvalue weighted by atomic mass is 10.1. The van der Waals surface area contributed by atoms with Crippen molar-refractivity contribution in [3.63, 3.8) is 0 Å². The van der Waals surface area contributed by atoms with E-state index in [1.807, 2.05) is 93.8 Å². The summed E-state index contributed by atoms with van der Waals surface area (Å²) < 4.78 is 7.95. The van der Waals surface area contributed by atoms with Gasteiger partial charge in [0.15, 0.2) is 11.0 Å². The minimum atomic E-state index is -0.318. The second-order valence-corrected chi connectivity index (χ2v) is 9.43. The first-order chi connectivity index (χ1) is 14.2. The summed E-state index contributed by atoms with van der Waals surface area (Å²) in [5, 5.41) is 12.1. The Balaban J connectivity index is 1.85. The minimum Gasteiger partial charge on any atom is -0.485 e. The Bertz CT molecular complexity index is 996. The van der Waals surface area contributed by atoms with E-state index in [-0.39, 0.29) is 23.3 Å². The summed E-state index contributed by atoms with van der Waals surface area (Å²) in [6.07, 6.45) is 0. The molecule has 6 nitrogen and oxygen atoms in total. The van der Waals surface area contributed by atoms with Crippen molar-refractivity contribution in [1.29, 1.82) is 0 Å². The monoisotopic (exact) mass is 424 g/mol. The number of ether oxygens (including phenoxy) is 1. The quantitative estimate of drug-likeness (QED) is 0.564. The molecule has 1 atom stereocenters. The molecule has 1 heterocycles. The molecule has 3 aromatic rings. The second kappa shape index (κ2) is 9.34. The van der Waals surface area contributed by atoms with Crippen molar-refractivity contribution in [3.05, 3.63) is 66.0 Å². The molecule has 0 fully saturated rings. The van der Waals surface area contributed by atoms with Crippen molar-refractivity contribution >= 4 is 17.7 Å². The SMILES string of the molecule is Cc1ccccc1OCc1nnc(SC(C)C(=O)NC(C)(C)C)n1-c1ccccc1. The van der Waals surface area contributed by atoms with Crippen molar-refractivity contribution in [3.8, 4) is 11.4 Å². The summed E-state index contributed by atoms with van der Waals surface area (Å²) >= 11 is 1.38. The van der Waals surface area contributed by atoms with Crippen LogP contribution in [0.3, 0.4) is 0 Å². The summed E-state index contributed by atoms with van der Waals surface area (Å²) in [5.74, 6) is 1.45. The van der Waals surface area contributed by atoms with E-state index in [2.05, 4.69) is 15.5 Å². The third-order valence-electron chi connectivity index (χ3n) is 4.31. The van der Waals surface area contributed by atoms with Gasteiger partial charge >= 0.3 is 0 Å². The minimum absolute atomic E-state index is 0.0344. The van der Waals surface area contributed by atoms with E-state index < -0.39 is 0 Å². The van der Waals surface area contributed by atoms with Crippen LogP contribution < -0.4 is 10.1 Å². The lowest BCUT2D eigenvalue weighted by Gasteiger charge is -2.23. The van der Waals surface area contributed by atoms with Crippen LogP contribution >= 0.6 is 11.8 Å². The molecule has 0 radical (unpaired) electrons. The number of aromatic nitrogens is 3. The lowest BCUT2D eigenvalue weighted by Crippen LogP contribution is -2.44. The van der Waals surface area contributed by atoms with Crippen LogP contribution in [0.25, 0.3) is 5.69 Å². The molecule has 0 saturated carbocycles. The number of amides is 1. The van der Waals surface area contributed by atoms with Crippen LogP contribution in [0.15, 0.2) is 59.8 Å². The van der Waals surface area contributed by atoms with Crippen LogP contribution in [0.5, 0.6) is 5.75 Å². The zero-order chi connectivity index (χ0) is 21.7. The van der Waals surface area contributed by atoms with Crippen molar-refractivity contribution in [2.45, 2.75) is 57.2 Å². The van der Waals surface area contributed by atoms with Gasteiger partial charge in [-0.1, -0.05) is 48.2 Å². The molecule has 1 N–H and O–H groups in total. The Morgan fingerprint density at radius 3 is 2.43 bits per heavy atom. The van der Waals surface area contributed by atoms with E-state index in [4.69, 9.17) is 4.74 Å². The molecule has 7 heteroatoms. The highest BCUT2D eigenvalue weighted by Crippen LogP contribution is 2.27. The van der Waals surface area contributed by atoms with Gasteiger partial charge in [-0.15, -0.1) is 10.2 Å². The average molecular weight is 425 g/mol. The third kappa shape index (κ3) is 5.63. The molecular formula is C23H28N4O2S. The zero-order valence-corrected chi connectivity index (χ0v) is 18.9. The summed E-state index contributed by atoms with van der Waals surface area (Å²) in [6.45, 7) is 10.1. The van der Waals surface area contributed by atoms with Gasteiger partial charge in [0.25, 0.3) is 0 Å². The Hall–Kier alpha value is -2.80. The number of hydrogen-bond acceptors (Lipinski definition) is 5. The first-order valence-corrected chi connectivity index (χ1v) is 10.8. The van der Waals surface area contributed by atoms with Crippen molar-refractivity contribution in [2.75, 3.05) is 0 Å². The third-order valence-corrected chi connectivity index (χ3v) is 5.36. The van der Waals surface area contributed by atoms with E-state index in [0.29, 0.717) is 11.0 Å². The van der Waals surface area contributed by atoms with E-state index in [9.17, 15) is 4.79 Å². The Labute approximate surface area is 182 Å². The molecular weight excluding hydrogens is 396 g/mol. The molecule has 0 bridgehead atoms. The first kappa shape index (κ1) is 21.9. The fraction of sp³-hybridized carbons (Fsp3) is 0.348. The summed E-state index contributed by atoms with van der Waals surface area (Å²) in [5.41, 5.74) is 1.70. The van der Waals surface area contributed by atoms with Crippen molar-refractivity contribution < 1.29 is 9.53 Å². The summed E-state index contributed by atoms with van der Waals surface area (Å²) in [7, 11) is 0. The summed E-state index contributed by atoms with van der Waals surface area (Å²) in [4.78, 5) is 12.6. The maximum absolute atomic E-state index is 12.6. The highest BCUT2D eigenvalue weighted by atomic mass is 32.2. The highest BCUT2D eigenvalue weighted by molar-refractivity contribution is 8.00. The number of nitrogens with one attached hydrogen (secondary N) is 1. The number of para-hydroxylation sites is 2. The van der Waals surface area contributed by atoms with Gasteiger partial charge in [0.1, 0.15) is 12.4 Å². The van der Waals surface area contributed by atoms with Gasteiger partial charge in [-0.2, -0.15) is 0 Å². The van der Waals surface area contributed by atoms with Gasteiger partial charge in [-0.05, 0) is 58.4 Å². The smallest absolute Gasteiger partial charge is 0.233 e. The van der Waals surface area contributed by atoms with E-state index >= 15 is 0 Å². The van der Waals surface area contributed by atoms with Crippen molar-refractivity contribution in [1.82, 2.24) is 20.1 Å². The molecule has 0 aliphatic carbocycles. The average Bonchev–Trinajstić information content (AvgIpc) is 3.09. The number of thioether (sulfide) groups is 1. The van der Waals surface area contributed by atoms with Crippen molar-refractivity contribution in [2.24, 2.45) is 0 Å². The predicted octanol–water partition coefficient (Wildman–Crippen LogP) is 4.55. The predicted molar refractivity (Wildman–Crippen MR) is 120 cm³/mol. The van der Waals surface area contributed by atoms with Crippen LogP contribution in [0, 0.1) is 6.92 Å². The van der Waals surface area contributed by atoms with Crippen LogP contribution in [0.1, 0.15) is 39.1 Å². The molecule has 2 aromatic carbocycles. The molecule has 1 unspecified atom stereocenters. The largest absolute Gasteiger partial charge is 0.485 e. The maximum atomic E-state index is 12.6. The van der Waals surface area contributed by atoms with Gasteiger partial charge in [0.05, 0.1) is 5.25 Å². The second-order valence-electron chi connectivity index (χ2n) is 8.12. The van der Waals surface area contributed by atoms with Gasteiger partial charge in [-0.25, -0.2) is 0 Å². The molecule has 158 valence electrons. The maximum Gasteiger partial charge on any atom is 0.233 e. The molecule has 30 heavy (non-hydrogen) atoms. The molecule has 0 aliphatic rings. The molecule has 3 rings (SSSR count). The molecule has 0 aliphatic heterocycles. The highest BCUT2D eigenvalue weighted by Gasteiger charge is 2.24. The molecule has 0 saturated heterocycles. The van der Waals surface area contributed by atoms with Crippen LogP contribution in [-0.2, 0) is 11.4 Å². The number of benzene rings is 2. The van der Waals surface area contributed by atoms with Crippen LogP contribution in [0.4, 0.5) is 0 Å². The fourth-order valence-corrected chi connectivity index (χ4v) is 3.74. The normalized spacial score (nSPS) is 12.4. The molecule has 0 spiro atoms. The van der Waals surface area contributed by atoms with Gasteiger partial charge in [0, 0.05) is 11.2 Å². The van der Waals surface area contributed by atoms with Gasteiger partial charge < -0.3 is 10.1 Å². The number of rotatable bonds is 7. The van der Waals surface area contributed by atoms with Crippen LogP contribution in [-0.4, -0.2) is 31.5 Å². The van der Waals surface area contributed by atoms with E-state index in [0.717, 1.165) is 17.0 Å². The Morgan fingerprint density at radius 1 is 1.10 bits per heavy atom. The Kier molecular flexibility index (Phi) is 6.82. The first-order valence-electron chi connectivity index (χ1n) is 9.91. The fourth-order valence-electron chi connectivity index (χ4n) is 2.85. The Morgan fingerprint density at radius 2 is 1.77 bits per heavy atom. The standard InChI is InChI=1S/C23H28N4O2S/c1-16-11-9-10-14-19(16)29-15-20-25-26-22(27(20)18-12-7-6-8-13-18)30-17(2)21(28)24-23(3,4)5/h6-14,17H,15H2,1-5H3,(H,24,28). The van der Waals surface area contributed by atoms with Crippen LogP contribution in [0.2, 0.25) is 0 Å². The number of carbonyl (C=O) groups excluding carboxylic acids is 1. The van der Waals surface area contributed by atoms with E-state index in [1.54, 1.807) is 0 Å². The number of hydrogen-bond donors (Lipinski definition) is 1. The van der Waals surface area contributed by atoms with Gasteiger partial charge in [-0.3, -0.25) is 9.36 Å². The topological polar surface area (TPSA) is 69.0 Å². The zero-order valence-electron chi connectivity index (χ0n) is 18.0. The lowest BCUT2D eigenvalue weighted by molar-refractivity contribution is -0.121. The number of nitrogens with zero attached hydrogens (tertiary/aromatic N) is 3. The number of carbonyl (C=O) groups is 1.